The van der Waals surface area contributed by atoms with Crippen molar-refractivity contribution in [1.29, 1.82) is 0 Å². The van der Waals surface area contributed by atoms with E-state index in [0.717, 1.165) is 37.5 Å². The third kappa shape index (κ3) is 6.72. The van der Waals surface area contributed by atoms with Gasteiger partial charge in [0.2, 0.25) is 15.9 Å². The topological polar surface area (TPSA) is 131 Å². The van der Waals surface area contributed by atoms with E-state index in [-0.39, 0.29) is 40.7 Å². The molecule has 0 radical (unpaired) electrons. The first-order chi connectivity index (χ1) is 11.8. The highest BCUT2D eigenvalue weighted by Crippen LogP contribution is 2.19. The highest BCUT2D eigenvalue weighted by atomic mass is 127. The minimum absolute atomic E-state index is 0. The Labute approximate surface area is 171 Å². The lowest BCUT2D eigenvalue weighted by Gasteiger charge is -2.34. The Morgan fingerprint density at radius 1 is 1.35 bits per heavy atom. The molecule has 1 atom stereocenters. The predicted molar refractivity (Wildman–Crippen MR) is 112 cm³/mol. The molecule has 5 N–H and O–H groups in total. The summed E-state index contributed by atoms with van der Waals surface area (Å²) in [5.74, 6) is 0.730. The Hall–Kier alpha value is -1.40. The molecule has 0 bridgehead atoms. The van der Waals surface area contributed by atoms with Gasteiger partial charge in [-0.1, -0.05) is 12.1 Å². The molecule has 146 valence electrons. The van der Waals surface area contributed by atoms with E-state index in [2.05, 4.69) is 15.2 Å². The molecule has 1 fully saturated rings. The lowest BCUT2D eigenvalue weighted by atomic mass is 9.95. The van der Waals surface area contributed by atoms with Crippen LogP contribution in [0.4, 0.5) is 0 Å². The second-order valence-electron chi connectivity index (χ2n) is 6.21. The molecule has 1 amide bonds. The molecule has 26 heavy (non-hydrogen) atoms. The summed E-state index contributed by atoms with van der Waals surface area (Å²) in [4.78, 5) is 17.6. The van der Waals surface area contributed by atoms with E-state index in [1.807, 2.05) is 0 Å². The molecule has 0 aromatic heterocycles. The van der Waals surface area contributed by atoms with Crippen LogP contribution < -0.4 is 16.2 Å². The van der Waals surface area contributed by atoms with Crippen molar-refractivity contribution < 1.29 is 13.2 Å². The van der Waals surface area contributed by atoms with Gasteiger partial charge in [0, 0.05) is 33.1 Å². The van der Waals surface area contributed by atoms with E-state index in [0.29, 0.717) is 13.0 Å². The van der Waals surface area contributed by atoms with Crippen LogP contribution >= 0.6 is 24.0 Å². The van der Waals surface area contributed by atoms with Gasteiger partial charge in [-0.05, 0) is 36.5 Å². The second kappa shape index (κ2) is 10.1. The number of nitrogens with one attached hydrogen (secondary N) is 1. The number of hydrogen-bond acceptors (Lipinski definition) is 4. The number of halogens is 1. The lowest BCUT2D eigenvalue weighted by molar-refractivity contribution is -0.119. The number of carbonyl (C=O) groups excluding carboxylic acids is 1. The number of nitrogens with zero attached hydrogens (tertiary/aromatic N) is 2. The van der Waals surface area contributed by atoms with Crippen LogP contribution in [-0.4, -0.2) is 45.3 Å². The van der Waals surface area contributed by atoms with Crippen molar-refractivity contribution in [3.8, 4) is 0 Å². The highest BCUT2D eigenvalue weighted by Gasteiger charge is 2.23. The van der Waals surface area contributed by atoms with Crippen LogP contribution in [0.5, 0.6) is 0 Å². The number of nitrogens with two attached hydrogens (primary N) is 2. The van der Waals surface area contributed by atoms with Crippen molar-refractivity contribution in [2.45, 2.75) is 30.7 Å². The van der Waals surface area contributed by atoms with Crippen molar-refractivity contribution in [2.75, 3.05) is 20.1 Å². The number of aliphatic imine (C=N–C) groups is 1. The maximum Gasteiger partial charge on any atom is 0.238 e. The fraction of sp³-hybridized carbons (Fsp3) is 0.500. The number of benzene rings is 1. The SMILES string of the molecule is CN=C(NCc1ccc(S(N)(=O)=O)cc1)N1CCCC(CC(N)=O)C1.I. The number of hydrogen-bond donors (Lipinski definition) is 3. The summed E-state index contributed by atoms with van der Waals surface area (Å²) in [5.41, 5.74) is 6.22. The summed E-state index contributed by atoms with van der Waals surface area (Å²) in [5, 5.41) is 8.36. The summed E-state index contributed by atoms with van der Waals surface area (Å²) < 4.78 is 22.5. The third-order valence-corrected chi connectivity index (χ3v) is 5.15. The zero-order valence-corrected chi connectivity index (χ0v) is 17.9. The van der Waals surface area contributed by atoms with Crippen molar-refractivity contribution in [3.05, 3.63) is 29.8 Å². The molecule has 1 saturated heterocycles. The standard InChI is InChI=1S/C16H25N5O3S.HI/c1-19-16(21-8-2-3-13(11-21)9-15(17)22)20-10-12-4-6-14(7-5-12)25(18,23)24;/h4-7,13H,2-3,8-11H2,1H3,(H2,17,22)(H,19,20)(H2,18,23,24);1H. The Morgan fingerprint density at radius 3 is 2.54 bits per heavy atom. The predicted octanol–water partition coefficient (Wildman–Crippen LogP) is 0.615. The fourth-order valence-electron chi connectivity index (χ4n) is 3.02. The van der Waals surface area contributed by atoms with Gasteiger partial charge in [-0.15, -0.1) is 24.0 Å². The van der Waals surface area contributed by atoms with E-state index < -0.39 is 10.0 Å². The summed E-state index contributed by atoms with van der Waals surface area (Å²) in [6.45, 7) is 2.13. The molecule has 1 unspecified atom stereocenters. The van der Waals surface area contributed by atoms with Gasteiger partial charge in [-0.2, -0.15) is 0 Å². The molecule has 0 saturated carbocycles. The Kier molecular flexibility index (Phi) is 8.77. The number of sulfonamides is 1. The molecule has 2 rings (SSSR count). The molecule has 1 aliphatic rings. The summed E-state index contributed by atoms with van der Waals surface area (Å²) in [6.07, 6.45) is 2.37. The van der Waals surface area contributed by atoms with Gasteiger partial charge < -0.3 is 16.0 Å². The van der Waals surface area contributed by atoms with Crippen LogP contribution in [0.25, 0.3) is 0 Å². The Morgan fingerprint density at radius 2 is 2.00 bits per heavy atom. The normalized spacial score (nSPS) is 18.2. The largest absolute Gasteiger partial charge is 0.370 e. The number of rotatable bonds is 5. The number of primary amides is 1. The zero-order valence-electron chi connectivity index (χ0n) is 14.7. The number of primary sulfonamides is 1. The first-order valence-corrected chi connectivity index (χ1v) is 9.70. The average molecular weight is 495 g/mol. The van der Waals surface area contributed by atoms with Gasteiger partial charge in [0.25, 0.3) is 0 Å². The molecular weight excluding hydrogens is 469 g/mol. The molecule has 8 nitrogen and oxygen atoms in total. The number of likely N-dealkylation sites (tertiary alicyclic amines) is 1. The van der Waals surface area contributed by atoms with Gasteiger partial charge in [0.1, 0.15) is 0 Å². The van der Waals surface area contributed by atoms with Crippen molar-refractivity contribution in [3.63, 3.8) is 0 Å². The average Bonchev–Trinajstić information content (AvgIpc) is 2.55. The zero-order chi connectivity index (χ0) is 18.4. The fourth-order valence-corrected chi connectivity index (χ4v) is 3.53. The quantitative estimate of drug-likeness (QED) is 0.313. The molecule has 1 aromatic carbocycles. The number of guanidine groups is 1. The molecule has 1 heterocycles. The minimum atomic E-state index is -3.68. The monoisotopic (exact) mass is 495 g/mol. The number of amides is 1. The van der Waals surface area contributed by atoms with Gasteiger partial charge in [-0.25, -0.2) is 13.6 Å². The maximum atomic E-state index is 11.3. The van der Waals surface area contributed by atoms with Crippen LogP contribution in [-0.2, 0) is 21.4 Å². The summed E-state index contributed by atoms with van der Waals surface area (Å²) in [6, 6.07) is 6.40. The first kappa shape index (κ1) is 22.6. The number of carbonyl (C=O) groups is 1. The third-order valence-electron chi connectivity index (χ3n) is 4.22. The van der Waals surface area contributed by atoms with Crippen molar-refractivity contribution in [1.82, 2.24) is 10.2 Å². The van der Waals surface area contributed by atoms with Crippen LogP contribution in [0.15, 0.2) is 34.2 Å². The minimum Gasteiger partial charge on any atom is -0.370 e. The number of piperidine rings is 1. The molecule has 1 aromatic rings. The van der Waals surface area contributed by atoms with E-state index in [1.54, 1.807) is 19.2 Å². The summed E-state index contributed by atoms with van der Waals surface area (Å²) >= 11 is 0. The maximum absolute atomic E-state index is 11.3. The summed E-state index contributed by atoms with van der Waals surface area (Å²) in [7, 11) is -1.97. The first-order valence-electron chi connectivity index (χ1n) is 8.15. The van der Waals surface area contributed by atoms with Gasteiger partial charge >= 0.3 is 0 Å². The van der Waals surface area contributed by atoms with Crippen LogP contribution in [0.2, 0.25) is 0 Å². The van der Waals surface area contributed by atoms with Crippen LogP contribution in [0, 0.1) is 5.92 Å². The Balaban J connectivity index is 0.00000338. The second-order valence-corrected chi connectivity index (χ2v) is 7.78. The van der Waals surface area contributed by atoms with Crippen LogP contribution in [0.1, 0.15) is 24.8 Å². The molecule has 0 aliphatic carbocycles. The highest BCUT2D eigenvalue weighted by molar-refractivity contribution is 14.0. The van der Waals surface area contributed by atoms with E-state index >= 15 is 0 Å². The molecule has 0 spiro atoms. The van der Waals surface area contributed by atoms with Crippen molar-refractivity contribution >= 4 is 45.9 Å². The van der Waals surface area contributed by atoms with Crippen LogP contribution in [0.3, 0.4) is 0 Å². The smallest absolute Gasteiger partial charge is 0.238 e. The van der Waals surface area contributed by atoms with Gasteiger partial charge in [0.05, 0.1) is 4.90 Å². The van der Waals surface area contributed by atoms with E-state index in [9.17, 15) is 13.2 Å². The lowest BCUT2D eigenvalue weighted by Crippen LogP contribution is -2.46. The van der Waals surface area contributed by atoms with Crippen molar-refractivity contribution in [2.24, 2.45) is 21.8 Å². The Bertz CT molecular complexity index is 737. The molecule has 1 aliphatic heterocycles. The molecule has 10 heteroatoms. The molecular formula is C16H26IN5O3S. The van der Waals surface area contributed by atoms with E-state index in [4.69, 9.17) is 10.9 Å². The van der Waals surface area contributed by atoms with E-state index in [1.165, 1.54) is 12.1 Å². The van der Waals surface area contributed by atoms with Gasteiger partial charge in [-0.3, -0.25) is 9.79 Å². The van der Waals surface area contributed by atoms with Gasteiger partial charge in [0.15, 0.2) is 5.96 Å².